The van der Waals surface area contributed by atoms with Crippen molar-refractivity contribution in [3.63, 3.8) is 0 Å². The van der Waals surface area contributed by atoms with Crippen molar-refractivity contribution < 1.29 is 28.2 Å². The van der Waals surface area contributed by atoms with Crippen molar-refractivity contribution in [2.75, 3.05) is 19.1 Å². The van der Waals surface area contributed by atoms with Gasteiger partial charge in [0.2, 0.25) is 11.0 Å². The summed E-state index contributed by atoms with van der Waals surface area (Å²) in [6, 6.07) is 12.8. The molecule has 0 spiro atoms. The third kappa shape index (κ3) is 3.90. The van der Waals surface area contributed by atoms with E-state index in [1.165, 1.54) is 19.2 Å². The fourth-order valence-electron chi connectivity index (χ4n) is 2.93. The minimum absolute atomic E-state index is 0.190. The molecule has 0 saturated carbocycles. The third-order valence-electron chi connectivity index (χ3n) is 4.28. The third-order valence-corrected chi connectivity index (χ3v) is 5.23. The molecule has 152 valence electrons. The van der Waals surface area contributed by atoms with Crippen LogP contribution in [0.2, 0.25) is 0 Å². The van der Waals surface area contributed by atoms with Crippen LogP contribution < -0.4 is 9.64 Å². The number of nitrogens with zero attached hydrogens (tertiary/aromatic N) is 2. The van der Waals surface area contributed by atoms with Gasteiger partial charge in [-0.2, -0.15) is 5.26 Å². The molecule has 2 aromatic rings. The van der Waals surface area contributed by atoms with E-state index in [-0.39, 0.29) is 10.7 Å². The van der Waals surface area contributed by atoms with Gasteiger partial charge in [-0.05, 0) is 35.5 Å². The van der Waals surface area contributed by atoms with E-state index in [1.54, 1.807) is 36.4 Å². The van der Waals surface area contributed by atoms with E-state index in [9.17, 15) is 19.6 Å². The SMILES string of the molecule is COC(=O)/C(C#N)=C1\SC(=O)CC(=O)N1c1ccc(-c2ccccc2OC)cc1F. The Kier molecular flexibility index (Phi) is 6.18. The number of esters is 1. The number of halogens is 1. The van der Waals surface area contributed by atoms with Crippen LogP contribution in [0.3, 0.4) is 0 Å². The minimum Gasteiger partial charge on any atom is -0.496 e. The molecule has 3 rings (SSSR count). The number of anilines is 1. The zero-order valence-electron chi connectivity index (χ0n) is 16.0. The highest BCUT2D eigenvalue weighted by molar-refractivity contribution is 8.17. The maximum atomic E-state index is 15.1. The van der Waals surface area contributed by atoms with Crippen LogP contribution in [0.5, 0.6) is 5.75 Å². The van der Waals surface area contributed by atoms with E-state index in [4.69, 9.17) is 4.74 Å². The Hall–Kier alpha value is -3.64. The second-order valence-corrected chi connectivity index (χ2v) is 7.08. The molecule has 2 aromatic carbocycles. The van der Waals surface area contributed by atoms with Gasteiger partial charge in [-0.1, -0.05) is 24.3 Å². The largest absolute Gasteiger partial charge is 0.496 e. The van der Waals surface area contributed by atoms with Crippen molar-refractivity contribution in [1.82, 2.24) is 0 Å². The van der Waals surface area contributed by atoms with E-state index in [2.05, 4.69) is 4.74 Å². The lowest BCUT2D eigenvalue weighted by atomic mass is 10.0. The van der Waals surface area contributed by atoms with Crippen LogP contribution >= 0.6 is 11.8 Å². The molecule has 0 unspecified atom stereocenters. The van der Waals surface area contributed by atoms with Crippen LogP contribution in [0.15, 0.2) is 53.1 Å². The molecule has 0 N–H and O–H groups in total. The van der Waals surface area contributed by atoms with E-state index >= 15 is 4.39 Å². The zero-order chi connectivity index (χ0) is 21.8. The Morgan fingerprint density at radius 3 is 2.57 bits per heavy atom. The van der Waals surface area contributed by atoms with Gasteiger partial charge in [0.25, 0.3) is 0 Å². The lowest BCUT2D eigenvalue weighted by Crippen LogP contribution is -2.37. The molecule has 0 radical (unpaired) electrons. The summed E-state index contributed by atoms with van der Waals surface area (Å²) in [5.41, 5.74) is 0.395. The van der Waals surface area contributed by atoms with Crippen molar-refractivity contribution in [2.24, 2.45) is 0 Å². The van der Waals surface area contributed by atoms with Crippen LogP contribution in [-0.4, -0.2) is 31.2 Å². The zero-order valence-corrected chi connectivity index (χ0v) is 16.8. The predicted molar refractivity (Wildman–Crippen MR) is 108 cm³/mol. The first-order valence-electron chi connectivity index (χ1n) is 8.60. The highest BCUT2D eigenvalue weighted by Crippen LogP contribution is 2.39. The van der Waals surface area contributed by atoms with Gasteiger partial charge in [0.05, 0.1) is 26.3 Å². The summed E-state index contributed by atoms with van der Waals surface area (Å²) in [6.45, 7) is 0. The van der Waals surface area contributed by atoms with E-state index in [0.717, 1.165) is 12.0 Å². The summed E-state index contributed by atoms with van der Waals surface area (Å²) < 4.78 is 24.9. The number of methoxy groups -OCH3 is 2. The smallest absolute Gasteiger partial charge is 0.351 e. The first-order valence-corrected chi connectivity index (χ1v) is 9.42. The van der Waals surface area contributed by atoms with E-state index < -0.39 is 34.8 Å². The number of amides is 1. The number of carbonyl (C=O) groups excluding carboxylic acids is 3. The number of rotatable bonds is 4. The molecule has 0 bridgehead atoms. The second kappa shape index (κ2) is 8.80. The van der Waals surface area contributed by atoms with Gasteiger partial charge in [-0.3, -0.25) is 14.5 Å². The fraction of sp³-hybridized carbons (Fsp3) is 0.143. The number of ether oxygens (including phenoxy) is 2. The van der Waals surface area contributed by atoms with Crippen molar-refractivity contribution in [2.45, 2.75) is 6.42 Å². The van der Waals surface area contributed by atoms with Crippen molar-refractivity contribution >= 4 is 34.4 Å². The summed E-state index contributed by atoms with van der Waals surface area (Å²) in [7, 11) is 2.56. The Labute approximate surface area is 175 Å². The Morgan fingerprint density at radius 2 is 1.93 bits per heavy atom. The summed E-state index contributed by atoms with van der Waals surface area (Å²) >= 11 is 0.521. The lowest BCUT2D eigenvalue weighted by molar-refractivity contribution is -0.135. The highest BCUT2D eigenvalue weighted by atomic mass is 32.2. The molecule has 1 amide bonds. The molecule has 1 fully saturated rings. The average molecular weight is 426 g/mol. The number of hydrogen-bond donors (Lipinski definition) is 0. The van der Waals surface area contributed by atoms with Gasteiger partial charge >= 0.3 is 5.97 Å². The lowest BCUT2D eigenvalue weighted by Gasteiger charge is -2.29. The molecule has 0 aromatic heterocycles. The van der Waals surface area contributed by atoms with Gasteiger partial charge in [0.1, 0.15) is 22.7 Å². The standard InChI is InChI=1S/C21H15FN2O5S/c1-28-17-6-4-3-5-13(17)12-7-8-16(15(22)9-12)24-18(25)10-19(26)30-20(24)14(11-23)21(27)29-2/h3-9H,10H2,1-2H3/b20-14-. The minimum atomic E-state index is -1.03. The molecule has 1 saturated heterocycles. The van der Waals surface area contributed by atoms with Gasteiger partial charge < -0.3 is 9.47 Å². The van der Waals surface area contributed by atoms with E-state index in [0.29, 0.717) is 28.6 Å². The second-order valence-electron chi connectivity index (χ2n) is 6.03. The average Bonchev–Trinajstić information content (AvgIpc) is 2.74. The normalized spacial score (nSPS) is 15.5. The van der Waals surface area contributed by atoms with Crippen molar-refractivity contribution in [1.29, 1.82) is 5.26 Å². The Balaban J connectivity index is 2.14. The fourth-order valence-corrected chi connectivity index (χ4v) is 3.87. The maximum Gasteiger partial charge on any atom is 0.351 e. The molecule has 0 atom stereocenters. The molecular formula is C21H15FN2O5S. The molecule has 1 heterocycles. The number of para-hydroxylation sites is 1. The quantitative estimate of drug-likeness (QED) is 0.320. The number of carbonyl (C=O) groups is 3. The topological polar surface area (TPSA) is 96.7 Å². The molecular weight excluding hydrogens is 411 g/mol. The highest BCUT2D eigenvalue weighted by Gasteiger charge is 2.36. The van der Waals surface area contributed by atoms with Crippen LogP contribution in [0.1, 0.15) is 6.42 Å². The van der Waals surface area contributed by atoms with Crippen LogP contribution in [0, 0.1) is 17.1 Å². The summed E-state index contributed by atoms with van der Waals surface area (Å²) in [5, 5.41) is 8.51. The monoisotopic (exact) mass is 426 g/mol. The number of thioether (sulfide) groups is 1. The van der Waals surface area contributed by atoms with Gasteiger partial charge in [0, 0.05) is 5.56 Å². The first kappa shape index (κ1) is 21.1. The molecule has 1 aliphatic rings. The Bertz CT molecular complexity index is 1120. The summed E-state index contributed by atoms with van der Waals surface area (Å²) in [5.74, 6) is -2.02. The molecule has 1 aliphatic heterocycles. The molecule has 7 nitrogen and oxygen atoms in total. The van der Waals surface area contributed by atoms with Crippen molar-refractivity contribution in [3.8, 4) is 22.9 Å². The molecule has 9 heteroatoms. The van der Waals surface area contributed by atoms with Crippen LogP contribution in [0.4, 0.5) is 10.1 Å². The van der Waals surface area contributed by atoms with Crippen LogP contribution in [0.25, 0.3) is 11.1 Å². The number of benzene rings is 2. The Morgan fingerprint density at radius 1 is 1.20 bits per heavy atom. The van der Waals surface area contributed by atoms with E-state index in [1.807, 2.05) is 0 Å². The summed E-state index contributed by atoms with van der Waals surface area (Å²) in [6.07, 6.45) is -0.498. The number of nitriles is 1. The first-order chi connectivity index (χ1) is 14.4. The van der Waals surface area contributed by atoms with Crippen molar-refractivity contribution in [3.05, 3.63) is 58.9 Å². The van der Waals surface area contributed by atoms with Gasteiger partial charge in [-0.25, -0.2) is 9.18 Å². The van der Waals surface area contributed by atoms with Crippen LogP contribution in [-0.2, 0) is 19.1 Å². The summed E-state index contributed by atoms with van der Waals surface area (Å²) in [4.78, 5) is 37.3. The molecule has 0 aliphatic carbocycles. The molecule has 30 heavy (non-hydrogen) atoms. The maximum absolute atomic E-state index is 15.1. The number of hydrogen-bond acceptors (Lipinski definition) is 7. The van der Waals surface area contributed by atoms with Gasteiger partial charge in [-0.15, -0.1) is 0 Å². The predicted octanol–water partition coefficient (Wildman–Crippen LogP) is 3.41. The van der Waals surface area contributed by atoms with Gasteiger partial charge in [0.15, 0.2) is 5.57 Å².